The van der Waals surface area contributed by atoms with Crippen LogP contribution in [0.4, 0.5) is 14.2 Å². The third kappa shape index (κ3) is 4.21. The zero-order chi connectivity index (χ0) is 18.6. The lowest BCUT2D eigenvalue weighted by molar-refractivity contribution is 0.0925. The van der Waals surface area contributed by atoms with Crippen LogP contribution in [0.15, 0.2) is 24.3 Å². The molecule has 1 aromatic heterocycles. The molecule has 0 aliphatic rings. The zero-order valence-electron chi connectivity index (χ0n) is 13.9. The summed E-state index contributed by atoms with van der Waals surface area (Å²) in [7, 11) is 0. The summed E-state index contributed by atoms with van der Waals surface area (Å²) in [6.07, 6.45) is -0.873. The molecule has 0 fully saturated rings. The van der Waals surface area contributed by atoms with Crippen LogP contribution in [0.25, 0.3) is 0 Å². The van der Waals surface area contributed by atoms with Crippen LogP contribution in [-0.4, -0.2) is 24.5 Å². The standard InChI is InChI=1S/C17H17FN2O4S/c1-4-24-17(23)20-15(22)13-9(2)10(3)25-16(13)19-14(21)11-7-5-6-8-12(11)18/h5-8H,4H2,1-3H3,(H,19,21)(H,20,22,23). The fourth-order valence-electron chi connectivity index (χ4n) is 2.13. The van der Waals surface area contributed by atoms with Crippen molar-refractivity contribution in [2.75, 3.05) is 11.9 Å². The number of aryl methyl sites for hydroxylation is 1. The van der Waals surface area contributed by atoms with Gasteiger partial charge in [-0.3, -0.25) is 14.9 Å². The summed E-state index contributed by atoms with van der Waals surface area (Å²) in [6, 6.07) is 5.53. The lowest BCUT2D eigenvalue weighted by Gasteiger charge is -2.08. The third-order valence-corrected chi connectivity index (χ3v) is 4.57. The van der Waals surface area contributed by atoms with Gasteiger partial charge in [0.05, 0.1) is 17.7 Å². The number of ether oxygens (including phenoxy) is 1. The van der Waals surface area contributed by atoms with Crippen LogP contribution in [-0.2, 0) is 4.74 Å². The fraction of sp³-hybridized carbons (Fsp3) is 0.235. The Balaban J connectivity index is 2.29. The molecule has 0 bridgehead atoms. The third-order valence-electron chi connectivity index (χ3n) is 3.45. The maximum atomic E-state index is 13.7. The Hall–Kier alpha value is -2.74. The SMILES string of the molecule is CCOC(=O)NC(=O)c1c(NC(=O)c2ccccc2F)sc(C)c1C. The van der Waals surface area contributed by atoms with Gasteiger partial charge in [0, 0.05) is 4.88 Å². The summed E-state index contributed by atoms with van der Waals surface area (Å²) in [6.45, 7) is 5.21. The van der Waals surface area contributed by atoms with Crippen LogP contribution in [0.5, 0.6) is 0 Å². The minimum Gasteiger partial charge on any atom is -0.450 e. The van der Waals surface area contributed by atoms with Crippen LogP contribution >= 0.6 is 11.3 Å². The predicted octanol–water partition coefficient (Wildman–Crippen LogP) is 3.64. The number of hydrogen-bond donors (Lipinski definition) is 2. The van der Waals surface area contributed by atoms with Gasteiger partial charge in [0.1, 0.15) is 10.8 Å². The second-order valence-electron chi connectivity index (χ2n) is 5.10. The molecule has 0 aliphatic heterocycles. The van der Waals surface area contributed by atoms with Crippen molar-refractivity contribution in [3.05, 3.63) is 51.7 Å². The highest BCUT2D eigenvalue weighted by Gasteiger charge is 2.23. The quantitative estimate of drug-likeness (QED) is 0.867. The molecule has 0 radical (unpaired) electrons. The predicted molar refractivity (Wildman–Crippen MR) is 92.6 cm³/mol. The topological polar surface area (TPSA) is 84.5 Å². The Kier molecular flexibility index (Phi) is 5.87. The first-order chi connectivity index (χ1) is 11.8. The van der Waals surface area contributed by atoms with Gasteiger partial charge in [-0.05, 0) is 38.5 Å². The monoisotopic (exact) mass is 364 g/mol. The van der Waals surface area contributed by atoms with E-state index in [1.807, 2.05) is 0 Å². The number of imide groups is 1. The molecule has 8 heteroatoms. The molecular formula is C17H17FN2O4S. The van der Waals surface area contributed by atoms with E-state index in [0.29, 0.717) is 5.56 Å². The smallest absolute Gasteiger partial charge is 0.414 e. The Labute approximate surface area is 148 Å². The Morgan fingerprint density at radius 3 is 2.48 bits per heavy atom. The second-order valence-corrected chi connectivity index (χ2v) is 6.32. The van der Waals surface area contributed by atoms with Gasteiger partial charge in [-0.1, -0.05) is 12.1 Å². The number of anilines is 1. The number of nitrogens with one attached hydrogen (secondary N) is 2. The molecule has 0 atom stereocenters. The number of thiophene rings is 1. The van der Waals surface area contributed by atoms with Crippen molar-refractivity contribution in [2.45, 2.75) is 20.8 Å². The normalized spacial score (nSPS) is 10.2. The van der Waals surface area contributed by atoms with Crippen molar-refractivity contribution < 1.29 is 23.5 Å². The molecule has 0 aliphatic carbocycles. The van der Waals surface area contributed by atoms with E-state index in [1.165, 1.54) is 35.6 Å². The van der Waals surface area contributed by atoms with Gasteiger partial charge >= 0.3 is 6.09 Å². The summed E-state index contributed by atoms with van der Waals surface area (Å²) in [5.74, 6) is -2.03. The first-order valence-electron chi connectivity index (χ1n) is 7.49. The van der Waals surface area contributed by atoms with E-state index in [2.05, 4.69) is 15.4 Å². The van der Waals surface area contributed by atoms with Crippen LogP contribution in [0.1, 0.15) is 38.1 Å². The first-order valence-corrected chi connectivity index (χ1v) is 8.30. The van der Waals surface area contributed by atoms with E-state index in [4.69, 9.17) is 0 Å². The number of carbonyl (C=O) groups excluding carboxylic acids is 3. The van der Waals surface area contributed by atoms with Gasteiger partial charge in [0.2, 0.25) is 0 Å². The van der Waals surface area contributed by atoms with Crippen molar-refractivity contribution in [1.82, 2.24) is 5.32 Å². The Bertz CT molecular complexity index is 832. The lowest BCUT2D eigenvalue weighted by Crippen LogP contribution is -2.32. The maximum Gasteiger partial charge on any atom is 0.414 e. The highest BCUT2D eigenvalue weighted by Crippen LogP contribution is 2.32. The molecule has 2 rings (SSSR count). The van der Waals surface area contributed by atoms with E-state index >= 15 is 0 Å². The molecule has 0 spiro atoms. The minimum atomic E-state index is -0.873. The lowest BCUT2D eigenvalue weighted by atomic mass is 10.1. The summed E-state index contributed by atoms with van der Waals surface area (Å²) < 4.78 is 18.4. The number of amides is 3. The first kappa shape index (κ1) is 18.6. The number of alkyl carbamates (subject to hydrolysis) is 1. The molecule has 2 aromatic rings. The Morgan fingerprint density at radius 2 is 1.84 bits per heavy atom. The van der Waals surface area contributed by atoms with E-state index in [0.717, 1.165) is 4.88 Å². The molecule has 0 saturated heterocycles. The van der Waals surface area contributed by atoms with Gasteiger partial charge in [-0.25, -0.2) is 9.18 Å². The molecule has 2 N–H and O–H groups in total. The second kappa shape index (κ2) is 7.89. The van der Waals surface area contributed by atoms with Gasteiger partial charge < -0.3 is 10.1 Å². The molecule has 1 heterocycles. The van der Waals surface area contributed by atoms with Crippen molar-refractivity contribution in [2.24, 2.45) is 0 Å². The average Bonchev–Trinajstić information content (AvgIpc) is 2.82. The van der Waals surface area contributed by atoms with Crippen molar-refractivity contribution in [1.29, 1.82) is 0 Å². The number of carbonyl (C=O) groups is 3. The van der Waals surface area contributed by atoms with E-state index in [9.17, 15) is 18.8 Å². The molecule has 6 nitrogen and oxygen atoms in total. The van der Waals surface area contributed by atoms with Crippen LogP contribution in [0.2, 0.25) is 0 Å². The van der Waals surface area contributed by atoms with Crippen molar-refractivity contribution in [3.63, 3.8) is 0 Å². The molecular weight excluding hydrogens is 347 g/mol. The summed E-state index contributed by atoms with van der Waals surface area (Å²) in [5.41, 5.74) is 0.638. The molecule has 0 saturated carbocycles. The van der Waals surface area contributed by atoms with E-state index in [-0.39, 0.29) is 22.7 Å². The van der Waals surface area contributed by atoms with Crippen LogP contribution in [0, 0.1) is 19.7 Å². The Morgan fingerprint density at radius 1 is 1.16 bits per heavy atom. The summed E-state index contributed by atoms with van der Waals surface area (Å²) in [5, 5.41) is 4.88. The molecule has 132 valence electrons. The van der Waals surface area contributed by atoms with Gasteiger partial charge in [-0.2, -0.15) is 0 Å². The number of hydrogen-bond acceptors (Lipinski definition) is 5. The van der Waals surface area contributed by atoms with Crippen molar-refractivity contribution >= 4 is 34.2 Å². The highest BCUT2D eigenvalue weighted by molar-refractivity contribution is 7.16. The van der Waals surface area contributed by atoms with Gasteiger partial charge in [-0.15, -0.1) is 11.3 Å². The van der Waals surface area contributed by atoms with E-state index in [1.54, 1.807) is 20.8 Å². The average molecular weight is 364 g/mol. The number of benzene rings is 1. The highest BCUT2D eigenvalue weighted by atomic mass is 32.1. The number of rotatable bonds is 4. The van der Waals surface area contributed by atoms with Crippen molar-refractivity contribution in [3.8, 4) is 0 Å². The van der Waals surface area contributed by atoms with Crippen LogP contribution < -0.4 is 10.6 Å². The number of halogens is 1. The largest absolute Gasteiger partial charge is 0.450 e. The maximum absolute atomic E-state index is 13.7. The zero-order valence-corrected chi connectivity index (χ0v) is 14.8. The molecule has 3 amide bonds. The molecule has 1 aromatic carbocycles. The summed E-state index contributed by atoms with van der Waals surface area (Å²) >= 11 is 1.17. The van der Waals surface area contributed by atoms with E-state index < -0.39 is 23.7 Å². The van der Waals surface area contributed by atoms with Gasteiger partial charge in [0.25, 0.3) is 11.8 Å². The molecule has 25 heavy (non-hydrogen) atoms. The summed E-state index contributed by atoms with van der Waals surface area (Å²) in [4.78, 5) is 36.9. The fourth-order valence-corrected chi connectivity index (χ4v) is 3.18. The van der Waals surface area contributed by atoms with Gasteiger partial charge in [0.15, 0.2) is 0 Å². The minimum absolute atomic E-state index is 0.123. The van der Waals surface area contributed by atoms with Crippen LogP contribution in [0.3, 0.4) is 0 Å². The molecule has 0 unspecified atom stereocenters.